The molecule has 47 heavy (non-hydrogen) atoms. The molecule has 1 saturated heterocycles. The number of likely N-dealkylation sites (tertiary alicyclic amines) is 1. The summed E-state index contributed by atoms with van der Waals surface area (Å²) in [5, 5.41) is 22.9. The van der Waals surface area contributed by atoms with Gasteiger partial charge in [-0.3, -0.25) is 19.6 Å². The van der Waals surface area contributed by atoms with Gasteiger partial charge in [-0.05, 0) is 49.4 Å². The van der Waals surface area contributed by atoms with E-state index < -0.39 is 0 Å². The number of carbonyl (C=O) groups is 1. The van der Waals surface area contributed by atoms with E-state index in [1.807, 2.05) is 43.3 Å². The van der Waals surface area contributed by atoms with Crippen LogP contribution in [-0.4, -0.2) is 86.9 Å². The number of β-amino-alcohol motifs (C(OH)–C–C–N with tert-alkyl or cyclic N) is 1. The molecular weight excluding hydrogens is 639 g/mol. The third-order valence-electron chi connectivity index (χ3n) is 8.88. The van der Waals surface area contributed by atoms with Crippen molar-refractivity contribution in [2.24, 2.45) is 0 Å². The number of hydrogen-bond donors (Lipinski definition) is 3. The molecule has 2 aliphatic heterocycles. The molecule has 0 aliphatic carbocycles. The van der Waals surface area contributed by atoms with Crippen molar-refractivity contribution in [1.29, 1.82) is 0 Å². The van der Waals surface area contributed by atoms with Crippen molar-refractivity contribution >= 4 is 34.8 Å². The molecule has 4 aromatic rings. The Morgan fingerprint density at radius 2 is 1.74 bits per heavy atom. The number of rotatable bonds is 9. The van der Waals surface area contributed by atoms with Crippen LogP contribution in [0.5, 0.6) is 5.88 Å². The number of nitrogens with zero attached hydrogens (tertiary/aromatic N) is 5. The molecule has 2 aromatic heterocycles. The van der Waals surface area contributed by atoms with E-state index in [0.717, 1.165) is 61.4 Å². The molecule has 1 amide bonds. The summed E-state index contributed by atoms with van der Waals surface area (Å²) < 4.78 is 5.62. The van der Waals surface area contributed by atoms with E-state index >= 15 is 0 Å². The number of carbonyl (C=O) groups excluding carboxylic acids is 1. The second kappa shape index (κ2) is 14.6. The quantitative estimate of drug-likeness (QED) is 0.214. The van der Waals surface area contributed by atoms with E-state index in [9.17, 15) is 15.0 Å². The highest BCUT2D eigenvalue weighted by atomic mass is 35.5. The highest BCUT2D eigenvalue weighted by Crippen LogP contribution is 2.41. The van der Waals surface area contributed by atoms with E-state index in [1.165, 1.54) is 0 Å². The standard InChI is InChI=1S/C35H38Cl2N6O4/c1-21-17-28(39-30-19-43(15-16-44)14-11-23(21)30)34(46)40-27-8-4-6-25(33(27)37)24-5-3-7-26(32(24)36)29-18-38-31(35(41-29)47-2)20-42-12-9-22(45)10-13-42/h3-8,17-18,22,44-45H,9-16,19-20H2,1-2H3,(H,40,46). The topological polar surface area (TPSA) is 124 Å². The SMILES string of the molecule is COc1nc(-c2cccc(-c3cccc(NC(=O)c4cc(C)c5c(n4)CN(CCO)CC5)c3Cl)c2Cl)cnc1CN1CCC(O)CC1. The second-order valence-corrected chi connectivity index (χ2v) is 12.8. The van der Waals surface area contributed by atoms with Gasteiger partial charge in [-0.25, -0.2) is 9.97 Å². The van der Waals surface area contributed by atoms with Crippen molar-refractivity contribution in [3.63, 3.8) is 0 Å². The van der Waals surface area contributed by atoms with Crippen LogP contribution in [0, 0.1) is 6.92 Å². The Balaban J connectivity index is 1.24. The van der Waals surface area contributed by atoms with Gasteiger partial charge in [-0.2, -0.15) is 0 Å². The van der Waals surface area contributed by atoms with Crippen LogP contribution in [0.15, 0.2) is 48.7 Å². The zero-order valence-electron chi connectivity index (χ0n) is 26.5. The van der Waals surface area contributed by atoms with Crippen molar-refractivity contribution in [3.8, 4) is 28.3 Å². The number of aromatic nitrogens is 3. The second-order valence-electron chi connectivity index (χ2n) is 12.0. The Kier molecular flexibility index (Phi) is 10.4. The third-order valence-corrected chi connectivity index (χ3v) is 9.69. The Labute approximate surface area is 284 Å². The van der Waals surface area contributed by atoms with Gasteiger partial charge < -0.3 is 20.3 Å². The third kappa shape index (κ3) is 7.28. The molecule has 3 N–H and O–H groups in total. The molecule has 0 spiro atoms. The maximum atomic E-state index is 13.4. The number of halogens is 2. The number of fused-ring (bicyclic) bond motifs is 1. The summed E-state index contributed by atoms with van der Waals surface area (Å²) in [6.45, 7) is 6.24. The van der Waals surface area contributed by atoms with Crippen molar-refractivity contribution in [3.05, 3.63) is 86.9 Å². The van der Waals surface area contributed by atoms with E-state index in [4.69, 9.17) is 37.9 Å². The van der Waals surface area contributed by atoms with Gasteiger partial charge in [0.25, 0.3) is 5.91 Å². The summed E-state index contributed by atoms with van der Waals surface area (Å²) in [5.41, 5.74) is 7.04. The van der Waals surface area contributed by atoms with Crippen molar-refractivity contribution in [2.75, 3.05) is 45.2 Å². The van der Waals surface area contributed by atoms with Gasteiger partial charge in [0.05, 0.1) is 53.1 Å². The molecule has 2 aromatic carbocycles. The van der Waals surface area contributed by atoms with Crippen LogP contribution in [0.2, 0.25) is 10.0 Å². The first-order valence-corrected chi connectivity index (χ1v) is 16.5. The Hall–Kier alpha value is -3.64. The van der Waals surface area contributed by atoms with E-state index in [2.05, 4.69) is 20.1 Å². The minimum atomic E-state index is -0.364. The monoisotopic (exact) mass is 676 g/mol. The molecule has 0 bridgehead atoms. The van der Waals surface area contributed by atoms with Crippen LogP contribution < -0.4 is 10.1 Å². The number of pyridine rings is 1. The van der Waals surface area contributed by atoms with Crippen molar-refractivity contribution < 1.29 is 19.7 Å². The Bertz CT molecular complexity index is 1780. The number of aryl methyl sites for hydroxylation is 1. The number of anilines is 1. The molecule has 4 heterocycles. The van der Waals surface area contributed by atoms with Crippen LogP contribution in [0.3, 0.4) is 0 Å². The number of nitrogens with one attached hydrogen (secondary N) is 1. The lowest BCUT2D eigenvalue weighted by atomic mass is 9.98. The molecule has 10 nitrogen and oxygen atoms in total. The smallest absolute Gasteiger partial charge is 0.274 e. The number of aliphatic hydroxyl groups excluding tert-OH is 2. The van der Waals surface area contributed by atoms with Gasteiger partial charge in [0.15, 0.2) is 0 Å². The molecule has 12 heteroatoms. The zero-order chi connectivity index (χ0) is 33.1. The van der Waals surface area contributed by atoms with E-state index in [-0.39, 0.29) is 18.6 Å². The lowest BCUT2D eigenvalue weighted by molar-refractivity contribution is 0.0781. The highest BCUT2D eigenvalue weighted by molar-refractivity contribution is 6.39. The number of amides is 1. The van der Waals surface area contributed by atoms with Gasteiger partial charge in [0.2, 0.25) is 5.88 Å². The fourth-order valence-corrected chi connectivity index (χ4v) is 6.89. The maximum Gasteiger partial charge on any atom is 0.274 e. The summed E-state index contributed by atoms with van der Waals surface area (Å²) in [6, 6.07) is 12.8. The number of piperidine rings is 1. The molecule has 246 valence electrons. The van der Waals surface area contributed by atoms with Crippen LogP contribution in [0.25, 0.3) is 22.4 Å². The lowest BCUT2D eigenvalue weighted by Gasteiger charge is -2.29. The highest BCUT2D eigenvalue weighted by Gasteiger charge is 2.24. The molecule has 1 fully saturated rings. The predicted molar refractivity (Wildman–Crippen MR) is 183 cm³/mol. The van der Waals surface area contributed by atoms with Gasteiger partial charge >= 0.3 is 0 Å². The lowest BCUT2D eigenvalue weighted by Crippen LogP contribution is -2.35. The first kappa shape index (κ1) is 33.3. The average molecular weight is 678 g/mol. The zero-order valence-corrected chi connectivity index (χ0v) is 28.0. The fourth-order valence-electron chi connectivity index (χ4n) is 6.30. The van der Waals surface area contributed by atoms with Gasteiger partial charge in [0, 0.05) is 56.0 Å². The van der Waals surface area contributed by atoms with Gasteiger partial charge in [-0.1, -0.05) is 53.5 Å². The molecule has 6 rings (SSSR count). The number of aliphatic hydroxyl groups is 2. The molecule has 2 aliphatic rings. The summed E-state index contributed by atoms with van der Waals surface area (Å²) in [6.07, 6.45) is 3.74. The first-order valence-electron chi connectivity index (χ1n) is 15.8. The molecule has 0 radical (unpaired) electrons. The largest absolute Gasteiger partial charge is 0.480 e. The van der Waals surface area contributed by atoms with E-state index in [1.54, 1.807) is 19.4 Å². The minimum Gasteiger partial charge on any atom is -0.480 e. The van der Waals surface area contributed by atoms with Crippen LogP contribution in [0.4, 0.5) is 5.69 Å². The maximum absolute atomic E-state index is 13.4. The summed E-state index contributed by atoms with van der Waals surface area (Å²) in [7, 11) is 1.57. The van der Waals surface area contributed by atoms with Crippen LogP contribution in [-0.2, 0) is 19.5 Å². The average Bonchev–Trinajstić information content (AvgIpc) is 3.07. The van der Waals surface area contributed by atoms with Gasteiger partial charge in [-0.15, -0.1) is 0 Å². The fraction of sp³-hybridized carbons (Fsp3) is 0.371. The predicted octanol–water partition coefficient (Wildman–Crippen LogP) is 5.39. The number of methoxy groups -OCH3 is 1. The Morgan fingerprint density at radius 3 is 2.49 bits per heavy atom. The molecular formula is C35H38Cl2N6O4. The van der Waals surface area contributed by atoms with E-state index in [0.29, 0.717) is 69.3 Å². The minimum absolute atomic E-state index is 0.0794. The van der Waals surface area contributed by atoms with Crippen molar-refractivity contribution in [1.82, 2.24) is 24.8 Å². The van der Waals surface area contributed by atoms with Gasteiger partial charge in [0.1, 0.15) is 11.4 Å². The first-order chi connectivity index (χ1) is 22.7. The normalized spacial score (nSPS) is 15.8. The Morgan fingerprint density at radius 1 is 1.02 bits per heavy atom. The number of hydrogen-bond acceptors (Lipinski definition) is 9. The van der Waals surface area contributed by atoms with Crippen LogP contribution >= 0.6 is 23.2 Å². The summed E-state index contributed by atoms with van der Waals surface area (Å²) in [5.74, 6) is 0.0576. The summed E-state index contributed by atoms with van der Waals surface area (Å²) >= 11 is 13.9. The van der Waals surface area contributed by atoms with Crippen molar-refractivity contribution in [2.45, 2.75) is 45.4 Å². The summed E-state index contributed by atoms with van der Waals surface area (Å²) in [4.78, 5) is 31.9. The molecule has 0 atom stereocenters. The number of benzene rings is 2. The number of ether oxygens (including phenoxy) is 1. The van der Waals surface area contributed by atoms with Crippen LogP contribution in [0.1, 0.15) is 45.8 Å². The molecule has 0 unspecified atom stereocenters. The molecule has 0 saturated carbocycles.